The van der Waals surface area contributed by atoms with Crippen LogP contribution in [-0.4, -0.2) is 33.4 Å². The van der Waals surface area contributed by atoms with Crippen LogP contribution in [0.15, 0.2) is 35.5 Å². The van der Waals surface area contributed by atoms with Crippen LogP contribution in [0.4, 0.5) is 0 Å². The lowest BCUT2D eigenvalue weighted by Gasteiger charge is -2.31. The molecule has 0 N–H and O–H groups in total. The lowest BCUT2D eigenvalue weighted by molar-refractivity contribution is 0.0525. The number of ether oxygens (including phenoxy) is 1. The van der Waals surface area contributed by atoms with Crippen molar-refractivity contribution in [2.75, 3.05) is 13.2 Å². The van der Waals surface area contributed by atoms with Gasteiger partial charge in [-0.1, -0.05) is 19.4 Å². The van der Waals surface area contributed by atoms with Gasteiger partial charge in [-0.05, 0) is 55.4 Å². The molecule has 0 bridgehead atoms. The summed E-state index contributed by atoms with van der Waals surface area (Å²) >= 11 is 1.68. The van der Waals surface area contributed by atoms with E-state index in [2.05, 4.69) is 39.5 Å². The minimum Gasteiger partial charge on any atom is -0.462 e. The fourth-order valence-electron chi connectivity index (χ4n) is 4.40. The van der Waals surface area contributed by atoms with Gasteiger partial charge >= 0.3 is 5.97 Å². The predicted octanol–water partition coefficient (Wildman–Crippen LogP) is 5.09. The fraction of sp³-hybridized carbons (Fsp3) is 0.417. The molecular weight excluding hydrogens is 394 g/mol. The van der Waals surface area contributed by atoms with Crippen LogP contribution in [0.2, 0.25) is 0 Å². The molecule has 0 radical (unpaired) electrons. The van der Waals surface area contributed by atoms with E-state index in [1.165, 1.54) is 45.8 Å². The minimum atomic E-state index is -0.186. The van der Waals surface area contributed by atoms with Crippen LogP contribution < -0.4 is 0 Å². The quantitative estimate of drug-likeness (QED) is 0.520. The van der Waals surface area contributed by atoms with Gasteiger partial charge in [0.15, 0.2) is 0 Å². The Hall–Kier alpha value is -2.60. The van der Waals surface area contributed by atoms with Crippen LogP contribution in [0.1, 0.15) is 65.2 Å². The summed E-state index contributed by atoms with van der Waals surface area (Å²) in [4.78, 5) is 20.7. The molecule has 1 aliphatic carbocycles. The number of nitrogens with zero attached hydrogens (tertiary/aromatic N) is 3. The van der Waals surface area contributed by atoms with Crippen LogP contribution in [-0.2, 0) is 24.1 Å². The van der Waals surface area contributed by atoms with Crippen molar-refractivity contribution in [3.63, 3.8) is 0 Å². The van der Waals surface area contributed by atoms with Crippen molar-refractivity contribution in [1.29, 1.82) is 0 Å². The molecule has 5 nitrogen and oxygen atoms in total. The number of pyridine rings is 1. The second kappa shape index (κ2) is 7.91. The Balaban J connectivity index is 1.48. The van der Waals surface area contributed by atoms with E-state index in [4.69, 9.17) is 4.74 Å². The van der Waals surface area contributed by atoms with E-state index in [9.17, 15) is 4.79 Å². The monoisotopic (exact) mass is 421 g/mol. The van der Waals surface area contributed by atoms with E-state index in [1.807, 2.05) is 18.5 Å². The molecule has 0 atom stereocenters. The zero-order valence-corrected chi connectivity index (χ0v) is 18.4. The number of fused-ring (bicyclic) bond motifs is 2. The maximum atomic E-state index is 12.3. The number of imidazole rings is 1. The molecule has 4 heterocycles. The Morgan fingerprint density at radius 1 is 1.23 bits per heavy atom. The number of aromatic nitrogens is 2. The van der Waals surface area contributed by atoms with E-state index in [0.29, 0.717) is 6.61 Å². The third-order valence-corrected chi connectivity index (χ3v) is 6.96. The molecule has 0 spiro atoms. The van der Waals surface area contributed by atoms with Gasteiger partial charge in [-0.15, -0.1) is 11.3 Å². The van der Waals surface area contributed by atoms with Crippen molar-refractivity contribution in [2.45, 2.75) is 52.5 Å². The average molecular weight is 422 g/mol. The Bertz CT molecular complexity index is 1130. The van der Waals surface area contributed by atoms with E-state index in [-0.39, 0.29) is 5.97 Å². The van der Waals surface area contributed by atoms with Gasteiger partial charge in [0.25, 0.3) is 0 Å². The summed E-state index contributed by atoms with van der Waals surface area (Å²) in [6.07, 6.45) is 9.71. The van der Waals surface area contributed by atoms with E-state index >= 15 is 0 Å². The van der Waals surface area contributed by atoms with Crippen LogP contribution in [0.3, 0.4) is 0 Å². The topological polar surface area (TPSA) is 46.8 Å². The summed E-state index contributed by atoms with van der Waals surface area (Å²) in [6, 6.07) is 4.32. The molecule has 30 heavy (non-hydrogen) atoms. The highest BCUT2D eigenvalue weighted by Crippen LogP contribution is 2.41. The summed E-state index contributed by atoms with van der Waals surface area (Å²) in [7, 11) is 0. The van der Waals surface area contributed by atoms with Crippen molar-refractivity contribution in [1.82, 2.24) is 14.3 Å². The average Bonchev–Trinajstić information content (AvgIpc) is 3.35. The van der Waals surface area contributed by atoms with Crippen LogP contribution >= 0.6 is 11.3 Å². The normalized spacial score (nSPS) is 15.4. The lowest BCUT2D eigenvalue weighted by Crippen LogP contribution is -2.29. The highest BCUT2D eigenvalue weighted by atomic mass is 32.1. The Kier molecular flexibility index (Phi) is 5.11. The summed E-state index contributed by atoms with van der Waals surface area (Å²) < 4.78 is 7.51. The number of allylic oxidation sites excluding steroid dienone is 1. The van der Waals surface area contributed by atoms with Crippen molar-refractivity contribution in [2.24, 2.45) is 0 Å². The van der Waals surface area contributed by atoms with Gasteiger partial charge in [0.2, 0.25) is 0 Å². The zero-order valence-electron chi connectivity index (χ0n) is 17.6. The molecule has 1 fully saturated rings. The molecule has 2 aliphatic rings. The molecule has 5 rings (SSSR count). The minimum absolute atomic E-state index is 0.186. The number of aryl methyl sites for hydroxylation is 1. The first kappa shape index (κ1) is 19.4. The second-order valence-corrected chi connectivity index (χ2v) is 9.02. The maximum absolute atomic E-state index is 12.3. The SMILES string of the molecule is CCCc1ccc2ncc(C(=C3CC3)N3CCc4c(C(=O)OCC)csc4C3)n2c1. The smallest absolute Gasteiger partial charge is 0.339 e. The molecule has 0 amide bonds. The number of thiophene rings is 1. The molecule has 0 unspecified atom stereocenters. The molecule has 0 saturated heterocycles. The van der Waals surface area contributed by atoms with E-state index < -0.39 is 0 Å². The molecular formula is C24H27N3O2S. The molecule has 1 aliphatic heterocycles. The van der Waals surface area contributed by atoms with Gasteiger partial charge in [0.05, 0.1) is 36.3 Å². The molecule has 6 heteroatoms. The fourth-order valence-corrected chi connectivity index (χ4v) is 5.49. The molecule has 0 aromatic carbocycles. The second-order valence-electron chi connectivity index (χ2n) is 8.05. The van der Waals surface area contributed by atoms with Crippen molar-refractivity contribution < 1.29 is 9.53 Å². The van der Waals surface area contributed by atoms with Crippen molar-refractivity contribution in [3.8, 4) is 0 Å². The first-order valence-corrected chi connectivity index (χ1v) is 11.8. The van der Waals surface area contributed by atoms with Gasteiger partial charge in [0.1, 0.15) is 5.65 Å². The summed E-state index contributed by atoms with van der Waals surface area (Å²) in [5.74, 6) is -0.186. The van der Waals surface area contributed by atoms with Gasteiger partial charge in [0, 0.05) is 23.0 Å². The highest BCUT2D eigenvalue weighted by Gasteiger charge is 2.30. The number of hydrogen-bond acceptors (Lipinski definition) is 5. The zero-order chi connectivity index (χ0) is 20.7. The van der Waals surface area contributed by atoms with Gasteiger partial charge < -0.3 is 9.64 Å². The van der Waals surface area contributed by atoms with E-state index in [1.54, 1.807) is 11.3 Å². The number of esters is 1. The third-order valence-electron chi connectivity index (χ3n) is 5.94. The number of carbonyl (C=O) groups excluding carboxylic acids is 1. The van der Waals surface area contributed by atoms with Crippen LogP contribution in [0.25, 0.3) is 11.3 Å². The Labute approximate surface area is 181 Å². The van der Waals surface area contributed by atoms with Gasteiger partial charge in [-0.2, -0.15) is 0 Å². The summed E-state index contributed by atoms with van der Waals surface area (Å²) in [5.41, 5.74) is 8.34. The number of carbonyl (C=O) groups is 1. The summed E-state index contributed by atoms with van der Waals surface area (Å²) in [6.45, 7) is 6.25. The molecule has 3 aromatic rings. The molecule has 1 saturated carbocycles. The maximum Gasteiger partial charge on any atom is 0.339 e. The first-order valence-electron chi connectivity index (χ1n) is 10.9. The lowest BCUT2D eigenvalue weighted by atomic mass is 10.0. The van der Waals surface area contributed by atoms with Crippen LogP contribution in [0, 0.1) is 0 Å². The molecule has 156 valence electrons. The predicted molar refractivity (Wildman–Crippen MR) is 120 cm³/mol. The Morgan fingerprint density at radius 3 is 2.87 bits per heavy atom. The standard InChI is InChI=1S/C24H27N3O2S/c1-3-5-16-6-9-22-25-12-20(27(22)13-16)23(17-7-8-17)26-11-10-18-19(24(28)29-4-2)15-30-21(18)14-26/h6,9,12-13,15H,3-5,7-8,10-11,14H2,1-2H3. The largest absolute Gasteiger partial charge is 0.462 e. The summed E-state index contributed by atoms with van der Waals surface area (Å²) in [5, 5.41) is 1.97. The van der Waals surface area contributed by atoms with Crippen molar-refractivity contribution >= 4 is 28.7 Å². The van der Waals surface area contributed by atoms with Gasteiger partial charge in [-0.25, -0.2) is 9.78 Å². The first-order chi connectivity index (χ1) is 14.7. The van der Waals surface area contributed by atoms with Gasteiger partial charge in [-0.3, -0.25) is 4.40 Å². The number of hydrogen-bond donors (Lipinski definition) is 0. The highest BCUT2D eigenvalue weighted by molar-refractivity contribution is 7.10. The Morgan fingerprint density at radius 2 is 2.10 bits per heavy atom. The van der Waals surface area contributed by atoms with Crippen LogP contribution in [0.5, 0.6) is 0 Å². The van der Waals surface area contributed by atoms with Crippen molar-refractivity contribution in [3.05, 3.63) is 62.7 Å². The molecule has 3 aromatic heterocycles. The number of rotatable bonds is 6. The van der Waals surface area contributed by atoms with E-state index in [0.717, 1.165) is 43.6 Å². The third kappa shape index (κ3) is 3.43.